The van der Waals surface area contributed by atoms with Gasteiger partial charge in [-0.2, -0.15) is 0 Å². The molecule has 1 unspecified atom stereocenters. The maximum absolute atomic E-state index is 12.8. The molecule has 2 N–H and O–H groups in total. The Bertz CT molecular complexity index is 875. The van der Waals surface area contributed by atoms with Crippen LogP contribution in [0, 0.1) is 0 Å². The minimum absolute atomic E-state index is 0.0319. The maximum Gasteiger partial charge on any atom is 0.252 e. The fourth-order valence-corrected chi connectivity index (χ4v) is 4.14. The molecule has 1 fully saturated rings. The summed E-state index contributed by atoms with van der Waals surface area (Å²) in [6.07, 6.45) is 1.89. The molecular weight excluding hydrogens is 366 g/mol. The van der Waals surface area contributed by atoms with Crippen LogP contribution in [0.4, 0.5) is 16.5 Å². The average molecular weight is 387 g/mol. The van der Waals surface area contributed by atoms with Crippen molar-refractivity contribution < 1.29 is 14.3 Å². The number of rotatable bonds is 4. The van der Waals surface area contributed by atoms with Crippen LogP contribution < -0.4 is 15.5 Å². The van der Waals surface area contributed by atoms with E-state index in [2.05, 4.69) is 20.8 Å². The van der Waals surface area contributed by atoms with Gasteiger partial charge in [0.15, 0.2) is 0 Å². The summed E-state index contributed by atoms with van der Waals surface area (Å²) in [5, 5.41) is 15.3. The molecule has 0 aliphatic carbocycles. The van der Waals surface area contributed by atoms with Gasteiger partial charge in [-0.25, -0.2) is 0 Å². The number of nitrogens with one attached hydrogen (secondary N) is 2. The molecule has 1 saturated heterocycles. The molecule has 27 heavy (non-hydrogen) atoms. The van der Waals surface area contributed by atoms with E-state index in [1.54, 1.807) is 13.8 Å². The van der Waals surface area contributed by atoms with E-state index in [1.807, 2.05) is 24.3 Å². The van der Waals surface area contributed by atoms with Crippen molar-refractivity contribution in [2.75, 3.05) is 28.7 Å². The number of aromatic nitrogens is 2. The van der Waals surface area contributed by atoms with Crippen LogP contribution in [-0.4, -0.2) is 40.7 Å². The van der Waals surface area contributed by atoms with Crippen LogP contribution in [0.3, 0.4) is 0 Å². The van der Waals surface area contributed by atoms with Crippen molar-refractivity contribution in [1.29, 1.82) is 0 Å². The first-order chi connectivity index (χ1) is 12.9. The van der Waals surface area contributed by atoms with Gasteiger partial charge in [0.25, 0.3) is 5.91 Å². The molecule has 1 aromatic heterocycles. The van der Waals surface area contributed by atoms with Gasteiger partial charge in [-0.15, -0.1) is 10.2 Å². The molecule has 0 spiro atoms. The van der Waals surface area contributed by atoms with Crippen LogP contribution in [0.2, 0.25) is 0 Å². The molecule has 0 saturated carbocycles. The number of amides is 2. The number of hydrogen-bond acceptors (Lipinski definition) is 7. The predicted octanol–water partition coefficient (Wildman–Crippen LogP) is 2.57. The summed E-state index contributed by atoms with van der Waals surface area (Å²) in [4.78, 5) is 26.9. The Kier molecular flexibility index (Phi) is 4.56. The van der Waals surface area contributed by atoms with Crippen molar-refractivity contribution in [3.05, 3.63) is 29.3 Å². The molecule has 0 bridgehead atoms. The van der Waals surface area contributed by atoms with E-state index in [1.165, 1.54) is 16.2 Å². The van der Waals surface area contributed by atoms with Gasteiger partial charge in [0, 0.05) is 6.61 Å². The number of hydrogen-bond donors (Lipinski definition) is 2. The number of fused-ring (bicyclic) bond motifs is 1. The van der Waals surface area contributed by atoms with Crippen LogP contribution in [0.25, 0.3) is 0 Å². The van der Waals surface area contributed by atoms with Crippen molar-refractivity contribution in [2.45, 2.75) is 38.3 Å². The monoisotopic (exact) mass is 387 g/mol. The molecule has 2 amide bonds. The number of carbonyl (C=O) groups is 2. The molecule has 3 heterocycles. The van der Waals surface area contributed by atoms with Crippen molar-refractivity contribution in [3.8, 4) is 0 Å². The summed E-state index contributed by atoms with van der Waals surface area (Å²) >= 11 is 1.31. The minimum atomic E-state index is -0.787. The SMILES string of the molecule is CC1(C)Nc2ccccc2N(CC(=O)Nc2nnc(C3CCCO3)s2)C1=O. The first-order valence-electron chi connectivity index (χ1n) is 8.88. The molecule has 8 nitrogen and oxygen atoms in total. The van der Waals surface area contributed by atoms with Crippen molar-refractivity contribution in [1.82, 2.24) is 10.2 Å². The Morgan fingerprint density at radius 3 is 3.00 bits per heavy atom. The number of nitrogens with zero attached hydrogens (tertiary/aromatic N) is 3. The summed E-state index contributed by atoms with van der Waals surface area (Å²) in [6, 6.07) is 7.45. The van der Waals surface area contributed by atoms with E-state index in [0.29, 0.717) is 10.8 Å². The Morgan fingerprint density at radius 1 is 1.41 bits per heavy atom. The second-order valence-corrected chi connectivity index (χ2v) is 8.16. The highest BCUT2D eigenvalue weighted by atomic mass is 32.1. The van der Waals surface area contributed by atoms with E-state index in [4.69, 9.17) is 4.74 Å². The second-order valence-electron chi connectivity index (χ2n) is 7.15. The first-order valence-corrected chi connectivity index (χ1v) is 9.70. The van der Waals surface area contributed by atoms with Gasteiger partial charge in [-0.3, -0.25) is 19.8 Å². The molecule has 0 radical (unpaired) electrons. The summed E-state index contributed by atoms with van der Waals surface area (Å²) < 4.78 is 5.59. The standard InChI is InChI=1S/C18H21N5O3S/c1-18(2)16(25)23(12-7-4-3-6-11(12)20-18)10-14(24)19-17-22-21-15(27-17)13-8-5-9-26-13/h3-4,6-7,13,20H,5,8-10H2,1-2H3,(H,19,22,24). The van der Waals surface area contributed by atoms with Crippen molar-refractivity contribution >= 4 is 39.7 Å². The highest BCUT2D eigenvalue weighted by molar-refractivity contribution is 7.15. The molecule has 2 aliphatic heterocycles. The summed E-state index contributed by atoms with van der Waals surface area (Å²) in [6.45, 7) is 4.24. The van der Waals surface area contributed by atoms with E-state index >= 15 is 0 Å². The Labute approximate surface area is 160 Å². The lowest BCUT2D eigenvalue weighted by Gasteiger charge is -2.39. The summed E-state index contributed by atoms with van der Waals surface area (Å²) in [7, 11) is 0. The molecule has 4 rings (SSSR count). The third-order valence-electron chi connectivity index (χ3n) is 4.62. The van der Waals surface area contributed by atoms with Gasteiger partial charge in [0.05, 0.1) is 11.4 Å². The van der Waals surface area contributed by atoms with Crippen LogP contribution in [0.1, 0.15) is 37.8 Å². The Morgan fingerprint density at radius 2 is 2.22 bits per heavy atom. The van der Waals surface area contributed by atoms with E-state index < -0.39 is 5.54 Å². The number of anilines is 3. The van der Waals surface area contributed by atoms with Gasteiger partial charge < -0.3 is 10.1 Å². The van der Waals surface area contributed by atoms with Crippen LogP contribution in [0.15, 0.2) is 24.3 Å². The second kappa shape index (κ2) is 6.90. The highest BCUT2D eigenvalue weighted by Gasteiger charge is 2.39. The zero-order chi connectivity index (χ0) is 19.0. The van der Waals surface area contributed by atoms with Crippen molar-refractivity contribution in [2.24, 2.45) is 0 Å². The third-order valence-corrected chi connectivity index (χ3v) is 5.55. The molecule has 2 aliphatic rings. The number of carbonyl (C=O) groups excluding carboxylic acids is 2. The molecular formula is C18H21N5O3S. The summed E-state index contributed by atoms with van der Waals surface area (Å²) in [5.74, 6) is -0.473. The van der Waals surface area contributed by atoms with Gasteiger partial charge in [0.1, 0.15) is 23.2 Å². The number of para-hydroxylation sites is 2. The summed E-state index contributed by atoms with van der Waals surface area (Å²) in [5.41, 5.74) is 0.727. The van der Waals surface area contributed by atoms with Crippen LogP contribution >= 0.6 is 11.3 Å². The topological polar surface area (TPSA) is 96.5 Å². The van der Waals surface area contributed by atoms with E-state index in [-0.39, 0.29) is 24.5 Å². The molecule has 142 valence electrons. The number of benzene rings is 1. The van der Waals surface area contributed by atoms with Gasteiger partial charge in [-0.05, 0) is 38.8 Å². The highest BCUT2D eigenvalue weighted by Crippen LogP contribution is 2.35. The number of ether oxygens (including phenoxy) is 1. The zero-order valence-electron chi connectivity index (χ0n) is 15.2. The van der Waals surface area contributed by atoms with Crippen molar-refractivity contribution in [3.63, 3.8) is 0 Å². The minimum Gasteiger partial charge on any atom is -0.371 e. The smallest absolute Gasteiger partial charge is 0.252 e. The van der Waals surface area contributed by atoms with Gasteiger partial charge >= 0.3 is 0 Å². The van der Waals surface area contributed by atoms with E-state index in [0.717, 1.165) is 30.1 Å². The fourth-order valence-electron chi connectivity index (χ4n) is 3.30. The lowest BCUT2D eigenvalue weighted by atomic mass is 9.98. The fraction of sp³-hybridized carbons (Fsp3) is 0.444. The van der Waals surface area contributed by atoms with Gasteiger partial charge in [0.2, 0.25) is 11.0 Å². The van der Waals surface area contributed by atoms with Crippen LogP contribution in [-0.2, 0) is 14.3 Å². The molecule has 9 heteroatoms. The van der Waals surface area contributed by atoms with E-state index in [9.17, 15) is 9.59 Å². The molecule has 2 aromatic rings. The first kappa shape index (κ1) is 17.9. The van der Waals surface area contributed by atoms with Crippen LogP contribution in [0.5, 0.6) is 0 Å². The quantitative estimate of drug-likeness (QED) is 0.837. The third kappa shape index (κ3) is 3.52. The largest absolute Gasteiger partial charge is 0.371 e. The normalized spacial score (nSPS) is 20.9. The lowest BCUT2D eigenvalue weighted by molar-refractivity contribution is -0.124. The maximum atomic E-state index is 12.8. The predicted molar refractivity (Wildman–Crippen MR) is 103 cm³/mol. The lowest BCUT2D eigenvalue weighted by Crippen LogP contribution is -2.55. The Balaban J connectivity index is 1.48. The molecule has 1 atom stereocenters. The average Bonchev–Trinajstić information content (AvgIpc) is 3.30. The zero-order valence-corrected chi connectivity index (χ0v) is 16.0. The Hall–Kier alpha value is -2.52. The molecule has 1 aromatic carbocycles. The van der Waals surface area contributed by atoms with Gasteiger partial charge in [-0.1, -0.05) is 23.5 Å².